The van der Waals surface area contributed by atoms with Crippen molar-refractivity contribution >= 4 is 33.6 Å². The van der Waals surface area contributed by atoms with Crippen LogP contribution in [0.3, 0.4) is 0 Å². The van der Waals surface area contributed by atoms with Gasteiger partial charge in [0.1, 0.15) is 6.33 Å². The molecule has 19 heavy (non-hydrogen) atoms. The summed E-state index contributed by atoms with van der Waals surface area (Å²) in [6.07, 6.45) is 8.88. The fourth-order valence-electron chi connectivity index (χ4n) is 2.44. The molecule has 1 aliphatic rings. The quantitative estimate of drug-likeness (QED) is 0.620. The molecule has 1 N–H and O–H groups in total. The van der Waals surface area contributed by atoms with Gasteiger partial charge < -0.3 is 5.32 Å². The SMILES string of the molecule is C1=CNc2c(ccc3c2ccc2ncncc23)C=N1. The third kappa shape index (κ3) is 1.50. The molecule has 0 aliphatic carbocycles. The number of nitrogens with zero attached hydrogens (tertiary/aromatic N) is 3. The highest BCUT2D eigenvalue weighted by molar-refractivity contribution is 6.13. The van der Waals surface area contributed by atoms with Crippen molar-refractivity contribution in [3.63, 3.8) is 0 Å². The van der Waals surface area contributed by atoms with Crippen LogP contribution in [0.4, 0.5) is 5.69 Å². The average molecular weight is 246 g/mol. The van der Waals surface area contributed by atoms with E-state index < -0.39 is 0 Å². The second kappa shape index (κ2) is 3.88. The largest absolute Gasteiger partial charge is 0.359 e. The summed E-state index contributed by atoms with van der Waals surface area (Å²) in [5, 5.41) is 6.65. The molecular formula is C15H10N4. The first-order valence-electron chi connectivity index (χ1n) is 6.04. The lowest BCUT2D eigenvalue weighted by Gasteiger charge is -2.10. The summed E-state index contributed by atoms with van der Waals surface area (Å²) in [7, 11) is 0. The molecule has 0 bridgehead atoms. The van der Waals surface area contributed by atoms with Crippen LogP contribution in [0.2, 0.25) is 0 Å². The molecule has 90 valence electrons. The number of anilines is 1. The van der Waals surface area contributed by atoms with E-state index in [2.05, 4.69) is 38.5 Å². The molecule has 4 nitrogen and oxygen atoms in total. The third-order valence-electron chi connectivity index (χ3n) is 3.32. The summed E-state index contributed by atoms with van der Waals surface area (Å²) in [5.41, 5.74) is 3.11. The van der Waals surface area contributed by atoms with Gasteiger partial charge in [-0.3, -0.25) is 4.99 Å². The number of hydrogen-bond donors (Lipinski definition) is 1. The van der Waals surface area contributed by atoms with Crippen LogP contribution in [0.25, 0.3) is 21.7 Å². The summed E-state index contributed by atoms with van der Waals surface area (Å²) in [4.78, 5) is 12.6. The smallest absolute Gasteiger partial charge is 0.116 e. The maximum absolute atomic E-state index is 4.29. The summed E-state index contributed by atoms with van der Waals surface area (Å²) >= 11 is 0. The minimum atomic E-state index is 0.959. The van der Waals surface area contributed by atoms with Crippen LogP contribution in [0.1, 0.15) is 5.56 Å². The van der Waals surface area contributed by atoms with Crippen molar-refractivity contribution in [3.8, 4) is 0 Å². The molecule has 0 spiro atoms. The molecule has 1 aliphatic heterocycles. The first-order valence-corrected chi connectivity index (χ1v) is 6.04. The number of aliphatic imine (C=N–C) groups is 1. The summed E-state index contributed by atoms with van der Waals surface area (Å²) in [6.45, 7) is 0. The number of benzene rings is 2. The minimum Gasteiger partial charge on any atom is -0.359 e. The van der Waals surface area contributed by atoms with Crippen LogP contribution < -0.4 is 5.32 Å². The number of rotatable bonds is 0. The second-order valence-corrected chi connectivity index (χ2v) is 4.38. The molecule has 0 saturated carbocycles. The van der Waals surface area contributed by atoms with Crippen molar-refractivity contribution in [3.05, 3.63) is 54.8 Å². The van der Waals surface area contributed by atoms with E-state index in [-0.39, 0.29) is 0 Å². The zero-order valence-electron chi connectivity index (χ0n) is 10.0. The fraction of sp³-hybridized carbons (Fsp3) is 0. The molecule has 0 saturated heterocycles. The van der Waals surface area contributed by atoms with Crippen LogP contribution in [-0.2, 0) is 0 Å². The Bertz CT molecular complexity index is 849. The van der Waals surface area contributed by atoms with Crippen LogP contribution in [0.5, 0.6) is 0 Å². The van der Waals surface area contributed by atoms with Gasteiger partial charge in [-0.25, -0.2) is 9.97 Å². The van der Waals surface area contributed by atoms with Gasteiger partial charge in [-0.05, 0) is 11.5 Å². The highest BCUT2D eigenvalue weighted by Crippen LogP contribution is 2.31. The number of hydrogen-bond acceptors (Lipinski definition) is 4. The Kier molecular flexibility index (Phi) is 2.08. The Labute approximate surface area is 109 Å². The van der Waals surface area contributed by atoms with Crippen molar-refractivity contribution in [1.29, 1.82) is 0 Å². The van der Waals surface area contributed by atoms with Crippen LogP contribution in [0.15, 0.2) is 54.2 Å². The minimum absolute atomic E-state index is 0.959. The van der Waals surface area contributed by atoms with E-state index in [4.69, 9.17) is 0 Å². The van der Waals surface area contributed by atoms with Gasteiger partial charge >= 0.3 is 0 Å². The summed E-state index contributed by atoms with van der Waals surface area (Å²) in [5.74, 6) is 0. The molecule has 4 heteroatoms. The maximum atomic E-state index is 4.29. The highest BCUT2D eigenvalue weighted by Gasteiger charge is 2.09. The molecule has 0 fully saturated rings. The van der Waals surface area contributed by atoms with Gasteiger partial charge in [-0.1, -0.05) is 18.2 Å². The molecule has 0 radical (unpaired) electrons. The van der Waals surface area contributed by atoms with E-state index in [1.807, 2.05) is 24.7 Å². The molecule has 4 rings (SSSR count). The Hall–Kier alpha value is -2.75. The standard InChI is InChI=1S/C15H10N4/c1-2-11-12(15-10(1)7-16-5-6-18-15)3-4-14-13(11)8-17-9-19-14/h1-9,18H. The van der Waals surface area contributed by atoms with Crippen LogP contribution in [-0.4, -0.2) is 16.2 Å². The van der Waals surface area contributed by atoms with E-state index in [0.717, 1.165) is 32.9 Å². The van der Waals surface area contributed by atoms with Crippen LogP contribution in [0, 0.1) is 0 Å². The van der Waals surface area contributed by atoms with E-state index in [0.29, 0.717) is 0 Å². The Morgan fingerprint density at radius 3 is 2.89 bits per heavy atom. The van der Waals surface area contributed by atoms with Gasteiger partial charge in [-0.15, -0.1) is 0 Å². The monoisotopic (exact) mass is 246 g/mol. The fourth-order valence-corrected chi connectivity index (χ4v) is 2.44. The highest BCUT2D eigenvalue weighted by atomic mass is 14.9. The molecule has 0 unspecified atom stereocenters. The molecule has 1 aromatic heterocycles. The van der Waals surface area contributed by atoms with Crippen molar-refractivity contribution in [1.82, 2.24) is 9.97 Å². The lowest BCUT2D eigenvalue weighted by atomic mass is 10.0. The van der Waals surface area contributed by atoms with Gasteiger partial charge in [0.15, 0.2) is 0 Å². The normalized spacial score (nSPS) is 13.3. The molecular weight excluding hydrogens is 236 g/mol. The van der Waals surface area contributed by atoms with E-state index in [1.54, 1.807) is 12.5 Å². The lowest BCUT2D eigenvalue weighted by Crippen LogP contribution is -1.94. The van der Waals surface area contributed by atoms with E-state index >= 15 is 0 Å². The van der Waals surface area contributed by atoms with Gasteiger partial charge in [0.05, 0.1) is 11.2 Å². The first-order chi connectivity index (χ1) is 9.43. The Balaban J connectivity index is 2.16. The van der Waals surface area contributed by atoms with Crippen molar-refractivity contribution in [2.45, 2.75) is 0 Å². The predicted molar refractivity (Wildman–Crippen MR) is 77.4 cm³/mol. The van der Waals surface area contributed by atoms with Crippen LogP contribution >= 0.6 is 0 Å². The molecule has 2 aromatic carbocycles. The van der Waals surface area contributed by atoms with Crippen molar-refractivity contribution in [2.75, 3.05) is 5.32 Å². The maximum Gasteiger partial charge on any atom is 0.116 e. The average Bonchev–Trinajstić information content (AvgIpc) is 2.72. The molecule has 2 heterocycles. The van der Waals surface area contributed by atoms with Gasteiger partial charge in [0, 0.05) is 41.1 Å². The second-order valence-electron chi connectivity index (χ2n) is 4.38. The third-order valence-corrected chi connectivity index (χ3v) is 3.32. The number of aromatic nitrogens is 2. The van der Waals surface area contributed by atoms with Gasteiger partial charge in [0.25, 0.3) is 0 Å². The topological polar surface area (TPSA) is 50.2 Å². The van der Waals surface area contributed by atoms with Crippen molar-refractivity contribution < 1.29 is 0 Å². The van der Waals surface area contributed by atoms with Crippen molar-refractivity contribution in [2.24, 2.45) is 4.99 Å². The molecule has 0 atom stereocenters. The first kappa shape index (κ1) is 10.2. The predicted octanol–water partition coefficient (Wildman–Crippen LogP) is 3.10. The Morgan fingerprint density at radius 2 is 1.89 bits per heavy atom. The zero-order chi connectivity index (χ0) is 12.7. The Morgan fingerprint density at radius 1 is 0.947 bits per heavy atom. The van der Waals surface area contributed by atoms with E-state index in [1.165, 1.54) is 0 Å². The lowest BCUT2D eigenvalue weighted by molar-refractivity contribution is 1.23. The number of fused-ring (bicyclic) bond motifs is 5. The summed E-state index contributed by atoms with van der Waals surface area (Å²) in [6, 6.07) is 8.27. The summed E-state index contributed by atoms with van der Waals surface area (Å²) < 4.78 is 0. The van der Waals surface area contributed by atoms with Gasteiger partial charge in [-0.2, -0.15) is 0 Å². The molecule has 3 aromatic rings. The van der Waals surface area contributed by atoms with E-state index in [9.17, 15) is 0 Å². The zero-order valence-corrected chi connectivity index (χ0v) is 10.0. The van der Waals surface area contributed by atoms with Gasteiger partial charge in [0.2, 0.25) is 0 Å². The molecule has 0 amide bonds. The number of nitrogens with one attached hydrogen (secondary N) is 1.